The lowest BCUT2D eigenvalue weighted by Crippen LogP contribution is -2.65. The van der Waals surface area contributed by atoms with Crippen LogP contribution in [0.1, 0.15) is 31.7 Å². The van der Waals surface area contributed by atoms with Crippen molar-refractivity contribution in [3.63, 3.8) is 0 Å². The number of hydrogen-bond donors (Lipinski definition) is 2. The molecule has 1 aromatic heterocycles. The van der Waals surface area contributed by atoms with Crippen LogP contribution in [-0.4, -0.2) is 40.9 Å². The van der Waals surface area contributed by atoms with Gasteiger partial charge in [0.05, 0.1) is 12.5 Å². The molecule has 5 nitrogen and oxygen atoms in total. The Kier molecular flexibility index (Phi) is 4.29. The summed E-state index contributed by atoms with van der Waals surface area (Å²) < 4.78 is 7.62. The van der Waals surface area contributed by atoms with Crippen molar-refractivity contribution in [1.82, 2.24) is 9.88 Å². The summed E-state index contributed by atoms with van der Waals surface area (Å²) in [6, 6.07) is 8.29. The van der Waals surface area contributed by atoms with Gasteiger partial charge in [0.25, 0.3) is 0 Å². The van der Waals surface area contributed by atoms with E-state index in [0.717, 1.165) is 30.3 Å². The molecule has 1 aliphatic heterocycles. The van der Waals surface area contributed by atoms with E-state index in [1.165, 1.54) is 5.52 Å². The molecular weight excluding hydrogens is 316 g/mol. The van der Waals surface area contributed by atoms with Crippen LogP contribution in [0, 0.1) is 5.41 Å². The van der Waals surface area contributed by atoms with E-state index in [1.807, 2.05) is 12.1 Å². The maximum Gasteiger partial charge on any atom is 0.224 e. The number of nitrogens with one attached hydrogen (secondary N) is 1. The lowest BCUT2D eigenvalue weighted by molar-refractivity contribution is -0.155. The summed E-state index contributed by atoms with van der Waals surface area (Å²) in [5, 5.41) is 14.6. The predicted molar refractivity (Wildman–Crippen MR) is 96.4 cm³/mol. The van der Waals surface area contributed by atoms with Gasteiger partial charge in [-0.25, -0.2) is 0 Å². The quantitative estimate of drug-likeness (QED) is 0.896. The number of fused-ring (bicyclic) bond motifs is 1. The number of amides is 1. The third-order valence-electron chi connectivity index (χ3n) is 6.14. The molecule has 2 N–H and O–H groups in total. The summed E-state index contributed by atoms with van der Waals surface area (Å²) in [6.45, 7) is 4.35. The summed E-state index contributed by atoms with van der Waals surface area (Å²) in [4.78, 5) is 12.7. The molecule has 1 aliphatic carbocycles. The number of aliphatic hydroxyl groups is 1. The summed E-state index contributed by atoms with van der Waals surface area (Å²) in [5.41, 5.74) is 2.06. The van der Waals surface area contributed by atoms with E-state index in [-0.39, 0.29) is 23.5 Å². The molecule has 1 saturated carbocycles. The standard InChI is InChI=1S/C20H26N2O3/c1-2-22-13-14(15-5-3-4-6-16(15)22)11-19(24)21-17-12-18(23)20(17)7-9-25-10-8-20/h3-6,13,17-18,23H,2,7-12H2,1H3,(H,21,24)/t17-,18-/m1/s1. The van der Waals surface area contributed by atoms with Gasteiger partial charge in [0.2, 0.25) is 5.91 Å². The number of ether oxygens (including phenoxy) is 1. The molecule has 25 heavy (non-hydrogen) atoms. The number of aliphatic hydroxyl groups excluding tert-OH is 1. The SMILES string of the molecule is CCn1cc(CC(=O)N[C@@H]2C[C@@H](O)C23CCOCC3)c2ccccc21. The van der Waals surface area contributed by atoms with E-state index in [4.69, 9.17) is 4.74 Å². The van der Waals surface area contributed by atoms with E-state index < -0.39 is 0 Å². The van der Waals surface area contributed by atoms with Crippen LogP contribution >= 0.6 is 0 Å². The van der Waals surface area contributed by atoms with E-state index in [0.29, 0.717) is 26.1 Å². The first-order chi connectivity index (χ1) is 12.1. The minimum atomic E-state index is -0.316. The Bertz CT molecular complexity index is 776. The highest BCUT2D eigenvalue weighted by Gasteiger charge is 2.55. The molecule has 0 radical (unpaired) electrons. The smallest absolute Gasteiger partial charge is 0.224 e. The fraction of sp³-hybridized carbons (Fsp3) is 0.550. The van der Waals surface area contributed by atoms with Crippen LogP contribution in [0.15, 0.2) is 30.5 Å². The topological polar surface area (TPSA) is 63.5 Å². The van der Waals surface area contributed by atoms with Gasteiger partial charge >= 0.3 is 0 Å². The summed E-state index contributed by atoms with van der Waals surface area (Å²) in [6.07, 6.45) is 4.46. The largest absolute Gasteiger partial charge is 0.392 e. The Morgan fingerprint density at radius 2 is 2.12 bits per heavy atom. The molecule has 2 heterocycles. The van der Waals surface area contributed by atoms with Gasteiger partial charge in [-0.3, -0.25) is 4.79 Å². The highest BCUT2D eigenvalue weighted by atomic mass is 16.5. The molecule has 0 unspecified atom stereocenters. The number of hydrogen-bond acceptors (Lipinski definition) is 3. The lowest BCUT2D eigenvalue weighted by atomic mass is 9.58. The molecule has 1 aromatic carbocycles. The molecular formula is C20H26N2O3. The van der Waals surface area contributed by atoms with Gasteiger partial charge < -0.3 is 19.7 Å². The van der Waals surface area contributed by atoms with Crippen LogP contribution in [0.4, 0.5) is 0 Å². The average molecular weight is 342 g/mol. The monoisotopic (exact) mass is 342 g/mol. The van der Waals surface area contributed by atoms with Crippen molar-refractivity contribution in [2.24, 2.45) is 5.41 Å². The Hall–Kier alpha value is -1.85. The number of carbonyl (C=O) groups excluding carboxylic acids is 1. The van der Waals surface area contributed by atoms with E-state index in [2.05, 4.69) is 35.1 Å². The minimum Gasteiger partial charge on any atom is -0.392 e. The van der Waals surface area contributed by atoms with Crippen molar-refractivity contribution >= 4 is 16.8 Å². The van der Waals surface area contributed by atoms with Gasteiger partial charge in [0, 0.05) is 48.3 Å². The zero-order chi connectivity index (χ0) is 17.4. The van der Waals surface area contributed by atoms with Gasteiger partial charge in [-0.1, -0.05) is 18.2 Å². The van der Waals surface area contributed by atoms with E-state index in [1.54, 1.807) is 0 Å². The van der Waals surface area contributed by atoms with Crippen molar-refractivity contribution in [1.29, 1.82) is 0 Å². The second kappa shape index (κ2) is 6.46. The molecule has 2 fully saturated rings. The zero-order valence-corrected chi connectivity index (χ0v) is 14.7. The van der Waals surface area contributed by atoms with Crippen LogP contribution < -0.4 is 5.32 Å². The number of aromatic nitrogens is 1. The maximum absolute atomic E-state index is 12.7. The number of aryl methyl sites for hydroxylation is 1. The van der Waals surface area contributed by atoms with E-state index in [9.17, 15) is 9.90 Å². The highest BCUT2D eigenvalue weighted by molar-refractivity contribution is 5.89. The summed E-state index contributed by atoms with van der Waals surface area (Å²) >= 11 is 0. The normalized spacial score (nSPS) is 25.0. The molecule has 134 valence electrons. The summed E-state index contributed by atoms with van der Waals surface area (Å²) in [5.74, 6) is 0.0433. The third kappa shape index (κ3) is 2.75. The van der Waals surface area contributed by atoms with Gasteiger partial charge in [-0.05, 0) is 37.8 Å². The number of nitrogens with zero attached hydrogens (tertiary/aromatic N) is 1. The van der Waals surface area contributed by atoms with Gasteiger partial charge in [0.1, 0.15) is 0 Å². The van der Waals surface area contributed by atoms with Crippen molar-refractivity contribution < 1.29 is 14.6 Å². The molecule has 2 atom stereocenters. The molecule has 4 rings (SSSR count). The highest BCUT2D eigenvalue weighted by Crippen LogP contribution is 2.48. The van der Waals surface area contributed by atoms with Gasteiger partial charge in [0.15, 0.2) is 0 Å². The van der Waals surface area contributed by atoms with Crippen molar-refractivity contribution in [3.8, 4) is 0 Å². The lowest BCUT2D eigenvalue weighted by Gasteiger charge is -2.55. The molecule has 1 saturated heterocycles. The minimum absolute atomic E-state index is 0.0433. The van der Waals surface area contributed by atoms with Gasteiger partial charge in [-0.2, -0.15) is 0 Å². The van der Waals surface area contributed by atoms with Crippen molar-refractivity contribution in [2.75, 3.05) is 13.2 Å². The first-order valence-electron chi connectivity index (χ1n) is 9.26. The van der Waals surface area contributed by atoms with E-state index >= 15 is 0 Å². The predicted octanol–water partition coefficient (Wildman–Crippen LogP) is 2.25. The van der Waals surface area contributed by atoms with Crippen LogP contribution in [0.3, 0.4) is 0 Å². The van der Waals surface area contributed by atoms with Crippen molar-refractivity contribution in [2.45, 2.75) is 51.3 Å². The zero-order valence-electron chi connectivity index (χ0n) is 14.7. The Morgan fingerprint density at radius 1 is 1.36 bits per heavy atom. The van der Waals surface area contributed by atoms with Crippen LogP contribution in [0.25, 0.3) is 10.9 Å². The Morgan fingerprint density at radius 3 is 2.84 bits per heavy atom. The average Bonchev–Trinajstić information content (AvgIpc) is 3.00. The molecule has 1 spiro atoms. The first-order valence-corrected chi connectivity index (χ1v) is 9.26. The van der Waals surface area contributed by atoms with Crippen LogP contribution in [0.5, 0.6) is 0 Å². The number of carbonyl (C=O) groups is 1. The fourth-order valence-corrected chi connectivity index (χ4v) is 4.54. The molecule has 5 heteroatoms. The molecule has 2 aromatic rings. The number of benzene rings is 1. The van der Waals surface area contributed by atoms with Crippen LogP contribution in [0.2, 0.25) is 0 Å². The number of para-hydroxylation sites is 1. The maximum atomic E-state index is 12.7. The summed E-state index contributed by atoms with van der Waals surface area (Å²) in [7, 11) is 0. The van der Waals surface area contributed by atoms with Crippen molar-refractivity contribution in [3.05, 3.63) is 36.0 Å². The first kappa shape index (κ1) is 16.6. The molecule has 1 amide bonds. The Balaban J connectivity index is 1.48. The number of rotatable bonds is 4. The molecule has 2 aliphatic rings. The second-order valence-electron chi connectivity index (χ2n) is 7.35. The van der Waals surface area contributed by atoms with Crippen LogP contribution in [-0.2, 0) is 22.5 Å². The Labute approximate surface area is 148 Å². The third-order valence-corrected chi connectivity index (χ3v) is 6.14. The fourth-order valence-electron chi connectivity index (χ4n) is 4.54. The molecule has 0 bridgehead atoms. The van der Waals surface area contributed by atoms with Gasteiger partial charge in [-0.15, -0.1) is 0 Å². The second-order valence-corrected chi connectivity index (χ2v) is 7.35.